The second-order valence-corrected chi connectivity index (χ2v) is 6.04. The highest BCUT2D eigenvalue weighted by atomic mass is 32.1. The monoisotopic (exact) mass is 266 g/mol. The number of carbonyl (C=O) groups is 1. The summed E-state index contributed by atoms with van der Waals surface area (Å²) in [6, 6.07) is 2.57. The van der Waals surface area contributed by atoms with Gasteiger partial charge >= 0.3 is 0 Å². The molecule has 3 rings (SSSR count). The number of nitrogens with zero attached hydrogens (tertiary/aromatic N) is 1. The van der Waals surface area contributed by atoms with Crippen molar-refractivity contribution in [2.75, 3.05) is 20.2 Å². The van der Waals surface area contributed by atoms with Gasteiger partial charge in [-0.1, -0.05) is 0 Å². The van der Waals surface area contributed by atoms with Gasteiger partial charge in [0.05, 0.1) is 12.0 Å². The molecule has 5 heteroatoms. The number of amides is 1. The molecule has 3 atom stereocenters. The fourth-order valence-electron chi connectivity index (χ4n) is 3.18. The van der Waals surface area contributed by atoms with Crippen molar-refractivity contribution < 1.29 is 9.53 Å². The van der Waals surface area contributed by atoms with Crippen LogP contribution >= 0.6 is 11.3 Å². The van der Waals surface area contributed by atoms with E-state index in [1.165, 1.54) is 11.3 Å². The second kappa shape index (κ2) is 4.55. The lowest BCUT2D eigenvalue weighted by molar-refractivity contribution is 0.0687. The molecule has 2 aliphatic rings. The van der Waals surface area contributed by atoms with E-state index < -0.39 is 0 Å². The number of carbonyl (C=O) groups excluding carboxylic acids is 1. The minimum Gasteiger partial charge on any atom is -0.496 e. The van der Waals surface area contributed by atoms with E-state index in [4.69, 9.17) is 4.74 Å². The third-order valence-electron chi connectivity index (χ3n) is 4.04. The minimum absolute atomic E-state index is 0.159. The van der Waals surface area contributed by atoms with Crippen LogP contribution in [0.3, 0.4) is 0 Å². The van der Waals surface area contributed by atoms with Gasteiger partial charge in [-0.2, -0.15) is 0 Å². The number of methoxy groups -OCH3 is 1. The number of hydrogen-bond donors (Lipinski definition) is 1. The topological polar surface area (TPSA) is 41.6 Å². The molecule has 3 unspecified atom stereocenters. The van der Waals surface area contributed by atoms with Crippen molar-refractivity contribution in [3.63, 3.8) is 0 Å². The van der Waals surface area contributed by atoms with Gasteiger partial charge in [-0.25, -0.2) is 0 Å². The van der Waals surface area contributed by atoms with Gasteiger partial charge in [0, 0.05) is 36.6 Å². The Morgan fingerprint density at radius 3 is 3.11 bits per heavy atom. The Labute approximate surface area is 111 Å². The standard InChI is InChI=1S/C13H18N2O2S/c1-8-3-9-5-14-6-11(9)15(8)13(16)12-4-10(17-2)7-18-12/h4,7-9,11,14H,3,5-6H2,1-2H3. The van der Waals surface area contributed by atoms with Gasteiger partial charge in [-0.15, -0.1) is 11.3 Å². The molecule has 0 bridgehead atoms. The fourth-order valence-corrected chi connectivity index (χ4v) is 3.98. The summed E-state index contributed by atoms with van der Waals surface area (Å²) in [4.78, 5) is 15.4. The molecule has 0 aromatic carbocycles. The van der Waals surface area contributed by atoms with E-state index >= 15 is 0 Å². The lowest BCUT2D eigenvalue weighted by Gasteiger charge is -2.27. The van der Waals surface area contributed by atoms with Gasteiger partial charge in [0.1, 0.15) is 5.75 Å². The Kier molecular flexibility index (Phi) is 3.03. The Hall–Kier alpha value is -1.07. The quantitative estimate of drug-likeness (QED) is 0.883. The minimum atomic E-state index is 0.159. The van der Waals surface area contributed by atoms with Gasteiger partial charge in [0.25, 0.3) is 5.91 Å². The number of ether oxygens (including phenoxy) is 1. The largest absolute Gasteiger partial charge is 0.496 e. The first kappa shape index (κ1) is 12.0. The number of rotatable bonds is 2. The summed E-state index contributed by atoms with van der Waals surface area (Å²) >= 11 is 1.47. The zero-order valence-electron chi connectivity index (χ0n) is 10.7. The van der Waals surface area contributed by atoms with Gasteiger partial charge in [0.2, 0.25) is 0 Å². The van der Waals surface area contributed by atoms with Crippen molar-refractivity contribution in [3.05, 3.63) is 16.3 Å². The highest BCUT2D eigenvalue weighted by Gasteiger charge is 2.44. The highest BCUT2D eigenvalue weighted by Crippen LogP contribution is 2.34. The van der Waals surface area contributed by atoms with Gasteiger partial charge in [-0.05, 0) is 19.3 Å². The molecule has 1 amide bonds. The number of thiophene rings is 1. The molecule has 1 aromatic heterocycles. The Morgan fingerprint density at radius 1 is 1.56 bits per heavy atom. The molecule has 2 saturated heterocycles. The SMILES string of the molecule is COc1csc(C(=O)N2C(C)CC3CNCC32)c1. The number of fused-ring (bicyclic) bond motifs is 1. The first-order valence-electron chi connectivity index (χ1n) is 6.36. The van der Waals surface area contributed by atoms with E-state index in [0.717, 1.165) is 30.1 Å². The van der Waals surface area contributed by atoms with Crippen LogP contribution in [-0.2, 0) is 0 Å². The predicted molar refractivity (Wildman–Crippen MR) is 71.3 cm³/mol. The third kappa shape index (κ3) is 1.82. The number of nitrogens with one attached hydrogen (secondary N) is 1. The van der Waals surface area contributed by atoms with Gasteiger partial charge in [-0.3, -0.25) is 4.79 Å². The van der Waals surface area contributed by atoms with Crippen LogP contribution in [0.2, 0.25) is 0 Å². The molecule has 1 aromatic rings. The zero-order valence-corrected chi connectivity index (χ0v) is 11.5. The molecule has 1 N–H and O–H groups in total. The zero-order chi connectivity index (χ0) is 12.7. The summed E-state index contributed by atoms with van der Waals surface area (Å²) < 4.78 is 5.15. The molecule has 0 aliphatic carbocycles. The summed E-state index contributed by atoms with van der Waals surface area (Å²) in [7, 11) is 1.63. The van der Waals surface area contributed by atoms with E-state index in [1.54, 1.807) is 7.11 Å². The molecule has 3 heterocycles. The molecule has 4 nitrogen and oxygen atoms in total. The van der Waals surface area contributed by atoms with Crippen LogP contribution in [0.25, 0.3) is 0 Å². The third-order valence-corrected chi connectivity index (χ3v) is 4.93. The smallest absolute Gasteiger partial charge is 0.264 e. The van der Waals surface area contributed by atoms with Crippen molar-refractivity contribution in [1.29, 1.82) is 0 Å². The average molecular weight is 266 g/mol. The summed E-state index contributed by atoms with van der Waals surface area (Å²) in [5.74, 6) is 1.56. The Balaban J connectivity index is 1.83. The maximum Gasteiger partial charge on any atom is 0.264 e. The molecule has 0 radical (unpaired) electrons. The van der Waals surface area contributed by atoms with Crippen LogP contribution in [0.4, 0.5) is 0 Å². The summed E-state index contributed by atoms with van der Waals surface area (Å²) in [5, 5.41) is 5.27. The van der Waals surface area contributed by atoms with Crippen molar-refractivity contribution in [2.45, 2.75) is 25.4 Å². The summed E-state index contributed by atoms with van der Waals surface area (Å²) in [6.45, 7) is 4.14. The lowest BCUT2D eigenvalue weighted by Crippen LogP contribution is -2.42. The van der Waals surface area contributed by atoms with E-state index in [0.29, 0.717) is 18.0 Å². The van der Waals surface area contributed by atoms with E-state index in [-0.39, 0.29) is 5.91 Å². The molecule has 0 spiro atoms. The van der Waals surface area contributed by atoms with Crippen LogP contribution < -0.4 is 10.1 Å². The predicted octanol–water partition coefficient (Wildman–Crippen LogP) is 1.58. The molecule has 2 aliphatic heterocycles. The van der Waals surface area contributed by atoms with E-state index in [1.807, 2.05) is 11.4 Å². The molecule has 0 saturated carbocycles. The average Bonchev–Trinajstić information content (AvgIpc) is 3.01. The fraction of sp³-hybridized carbons (Fsp3) is 0.615. The van der Waals surface area contributed by atoms with E-state index in [2.05, 4.69) is 17.1 Å². The van der Waals surface area contributed by atoms with Crippen LogP contribution in [0.5, 0.6) is 5.75 Å². The molecule has 2 fully saturated rings. The summed E-state index contributed by atoms with van der Waals surface area (Å²) in [6.07, 6.45) is 1.12. The first-order chi connectivity index (χ1) is 8.70. The molecular weight excluding hydrogens is 248 g/mol. The van der Waals surface area contributed by atoms with Crippen molar-refractivity contribution >= 4 is 17.2 Å². The number of likely N-dealkylation sites (tertiary alicyclic amines) is 1. The Morgan fingerprint density at radius 2 is 2.39 bits per heavy atom. The van der Waals surface area contributed by atoms with Crippen molar-refractivity contribution in [1.82, 2.24) is 10.2 Å². The molecule has 18 heavy (non-hydrogen) atoms. The van der Waals surface area contributed by atoms with Crippen LogP contribution in [0, 0.1) is 5.92 Å². The highest BCUT2D eigenvalue weighted by molar-refractivity contribution is 7.12. The summed E-state index contributed by atoms with van der Waals surface area (Å²) in [5.41, 5.74) is 0. The van der Waals surface area contributed by atoms with Crippen LogP contribution in [0.1, 0.15) is 23.0 Å². The lowest BCUT2D eigenvalue weighted by atomic mass is 10.0. The van der Waals surface area contributed by atoms with Gasteiger partial charge < -0.3 is 15.0 Å². The van der Waals surface area contributed by atoms with Gasteiger partial charge in [0.15, 0.2) is 0 Å². The maximum absolute atomic E-state index is 12.6. The second-order valence-electron chi connectivity index (χ2n) is 5.13. The molecule has 98 valence electrons. The Bertz CT molecular complexity index is 460. The van der Waals surface area contributed by atoms with E-state index in [9.17, 15) is 4.79 Å². The maximum atomic E-state index is 12.6. The number of hydrogen-bond acceptors (Lipinski definition) is 4. The van der Waals surface area contributed by atoms with Crippen molar-refractivity contribution in [3.8, 4) is 5.75 Å². The first-order valence-corrected chi connectivity index (χ1v) is 7.24. The molecular formula is C13H18N2O2S. The normalized spacial score (nSPS) is 30.6. The van der Waals surface area contributed by atoms with Crippen molar-refractivity contribution in [2.24, 2.45) is 5.92 Å². The van der Waals surface area contributed by atoms with Crippen LogP contribution in [0.15, 0.2) is 11.4 Å². The van der Waals surface area contributed by atoms with Crippen LogP contribution in [-0.4, -0.2) is 43.1 Å².